The molecule has 1 saturated heterocycles. The number of amides is 2. The van der Waals surface area contributed by atoms with Crippen molar-refractivity contribution in [2.45, 2.75) is 24.7 Å². The highest BCUT2D eigenvalue weighted by Crippen LogP contribution is 2.27. The molecule has 0 spiro atoms. The summed E-state index contributed by atoms with van der Waals surface area (Å²) >= 11 is 0. The summed E-state index contributed by atoms with van der Waals surface area (Å²) in [5.41, 5.74) is 2.33. The summed E-state index contributed by atoms with van der Waals surface area (Å²) in [6.45, 7) is 3.23. The molecule has 2 heterocycles. The van der Waals surface area contributed by atoms with Gasteiger partial charge in [0.1, 0.15) is 4.90 Å². The van der Waals surface area contributed by atoms with E-state index < -0.39 is 10.0 Å². The topological polar surface area (TPSA) is 99.1 Å². The molecule has 4 rings (SSSR count). The number of fused-ring (bicyclic) bond motifs is 1. The first-order valence-corrected chi connectivity index (χ1v) is 11.6. The minimum Gasteiger partial charge on any atom is -0.349 e. The average molecular weight is 441 g/mol. The summed E-state index contributed by atoms with van der Waals surface area (Å²) in [7, 11) is -2.13. The zero-order valence-electron chi connectivity index (χ0n) is 17.5. The molecule has 9 heteroatoms. The van der Waals surface area contributed by atoms with E-state index in [-0.39, 0.29) is 29.1 Å². The normalized spacial score (nSPS) is 16.6. The molecule has 8 nitrogen and oxygen atoms in total. The maximum atomic E-state index is 12.8. The van der Waals surface area contributed by atoms with Gasteiger partial charge < -0.3 is 15.1 Å². The first kappa shape index (κ1) is 21.0. The van der Waals surface area contributed by atoms with Gasteiger partial charge >= 0.3 is 0 Å². The molecule has 2 amide bonds. The number of benzene rings is 2. The summed E-state index contributed by atoms with van der Waals surface area (Å²) in [4.78, 5) is 28.9. The van der Waals surface area contributed by atoms with Crippen molar-refractivity contribution in [3.05, 3.63) is 59.2 Å². The number of carbonyl (C=O) groups excluding carboxylic acids is 2. The maximum absolute atomic E-state index is 12.8. The summed E-state index contributed by atoms with van der Waals surface area (Å²) in [5.74, 6) is -0.119. The van der Waals surface area contributed by atoms with Gasteiger partial charge in [0.25, 0.3) is 15.9 Å². The smallest absolute Gasteiger partial charge is 0.285 e. The summed E-state index contributed by atoms with van der Waals surface area (Å²) in [6, 6.07) is 11.8. The summed E-state index contributed by atoms with van der Waals surface area (Å²) in [6.07, 6.45) is 2.02. The zero-order chi connectivity index (χ0) is 22.2. The molecule has 0 saturated carbocycles. The Bertz CT molecular complexity index is 1180. The van der Waals surface area contributed by atoms with Gasteiger partial charge in [-0.05, 0) is 49.6 Å². The summed E-state index contributed by atoms with van der Waals surface area (Å²) in [5, 5.41) is 2.84. The SMILES string of the molecule is Cc1c(NC(=O)CN(C)C2=NS(=O)(=O)c3ccccc32)cccc1C(=O)N1CCCC1. The van der Waals surface area contributed by atoms with E-state index in [0.717, 1.165) is 25.9 Å². The van der Waals surface area contributed by atoms with Gasteiger partial charge in [-0.3, -0.25) is 9.59 Å². The van der Waals surface area contributed by atoms with E-state index in [4.69, 9.17) is 0 Å². The van der Waals surface area contributed by atoms with E-state index in [2.05, 4.69) is 9.71 Å². The molecule has 162 valence electrons. The molecular weight excluding hydrogens is 416 g/mol. The molecule has 1 N–H and O–H groups in total. The Hall–Kier alpha value is -3.20. The molecule has 0 aromatic heterocycles. The van der Waals surface area contributed by atoms with Crippen LogP contribution in [0.25, 0.3) is 0 Å². The minimum atomic E-state index is -3.75. The molecule has 0 unspecified atom stereocenters. The van der Waals surface area contributed by atoms with Gasteiger partial charge in [-0.15, -0.1) is 4.40 Å². The van der Waals surface area contributed by atoms with Crippen molar-refractivity contribution in [3.63, 3.8) is 0 Å². The van der Waals surface area contributed by atoms with E-state index in [1.807, 2.05) is 11.8 Å². The third kappa shape index (κ3) is 4.05. The molecule has 0 bridgehead atoms. The van der Waals surface area contributed by atoms with Gasteiger partial charge in [-0.2, -0.15) is 8.42 Å². The molecule has 0 radical (unpaired) electrons. The zero-order valence-corrected chi connectivity index (χ0v) is 18.3. The lowest BCUT2D eigenvalue weighted by atomic mass is 10.1. The van der Waals surface area contributed by atoms with E-state index in [9.17, 15) is 18.0 Å². The Morgan fingerprint density at radius 1 is 1.10 bits per heavy atom. The van der Waals surface area contributed by atoms with Crippen LogP contribution < -0.4 is 5.32 Å². The highest BCUT2D eigenvalue weighted by Gasteiger charge is 2.31. The van der Waals surface area contributed by atoms with Crippen LogP contribution in [-0.2, 0) is 14.8 Å². The average Bonchev–Trinajstić information content (AvgIpc) is 3.36. The number of anilines is 1. The molecule has 31 heavy (non-hydrogen) atoms. The van der Waals surface area contributed by atoms with Crippen LogP contribution in [0, 0.1) is 6.92 Å². The third-order valence-corrected chi connectivity index (χ3v) is 6.91. The van der Waals surface area contributed by atoms with Gasteiger partial charge in [0.15, 0.2) is 5.84 Å². The van der Waals surface area contributed by atoms with Gasteiger partial charge in [0, 0.05) is 37.0 Å². The fourth-order valence-corrected chi connectivity index (χ4v) is 5.19. The Kier molecular flexibility index (Phi) is 5.53. The van der Waals surface area contributed by atoms with E-state index >= 15 is 0 Å². The lowest BCUT2D eigenvalue weighted by Crippen LogP contribution is -2.35. The van der Waals surface area contributed by atoms with Crippen LogP contribution in [-0.4, -0.2) is 62.5 Å². The van der Waals surface area contributed by atoms with Crippen molar-refractivity contribution < 1.29 is 18.0 Å². The lowest BCUT2D eigenvalue weighted by molar-refractivity contribution is -0.116. The number of likely N-dealkylation sites (N-methyl/N-ethyl adjacent to an activating group) is 1. The molecule has 2 aliphatic rings. The third-order valence-electron chi connectivity index (χ3n) is 5.59. The number of hydrogen-bond acceptors (Lipinski definition) is 5. The largest absolute Gasteiger partial charge is 0.349 e. The Morgan fingerprint density at radius 2 is 1.81 bits per heavy atom. The van der Waals surface area contributed by atoms with Crippen LogP contribution in [0.15, 0.2) is 51.8 Å². The monoisotopic (exact) mass is 440 g/mol. The molecular formula is C22H24N4O4S. The van der Waals surface area contributed by atoms with E-state index in [0.29, 0.717) is 22.4 Å². The van der Waals surface area contributed by atoms with Gasteiger partial charge in [-0.25, -0.2) is 0 Å². The quantitative estimate of drug-likeness (QED) is 0.786. The maximum Gasteiger partial charge on any atom is 0.285 e. The van der Waals surface area contributed by atoms with Crippen molar-refractivity contribution in [3.8, 4) is 0 Å². The number of likely N-dealkylation sites (tertiary alicyclic amines) is 1. The lowest BCUT2D eigenvalue weighted by Gasteiger charge is -2.20. The fraction of sp³-hybridized carbons (Fsp3) is 0.318. The second kappa shape index (κ2) is 8.14. The van der Waals surface area contributed by atoms with E-state index in [1.54, 1.807) is 43.4 Å². The highest BCUT2D eigenvalue weighted by atomic mass is 32.2. The highest BCUT2D eigenvalue weighted by molar-refractivity contribution is 7.90. The fourth-order valence-electron chi connectivity index (χ4n) is 3.94. The number of sulfonamides is 1. The number of amidine groups is 1. The van der Waals surface area contributed by atoms with Crippen molar-refractivity contribution >= 4 is 33.4 Å². The van der Waals surface area contributed by atoms with Crippen molar-refractivity contribution in [1.29, 1.82) is 0 Å². The first-order chi connectivity index (χ1) is 14.8. The molecule has 0 atom stereocenters. The van der Waals surface area contributed by atoms with Crippen molar-refractivity contribution in [2.24, 2.45) is 4.40 Å². The standard InChI is InChI=1S/C22H24N4O4S/c1-15-16(22(28)26-12-5-6-13-26)9-7-10-18(15)23-20(27)14-25(2)21-17-8-3-4-11-19(17)31(29,30)24-21/h3-4,7-11H,5-6,12-14H2,1-2H3,(H,23,27). The molecule has 1 fully saturated rings. The van der Waals surface area contributed by atoms with Crippen molar-refractivity contribution in [2.75, 3.05) is 32.0 Å². The van der Waals surface area contributed by atoms with Crippen LogP contribution >= 0.6 is 0 Å². The first-order valence-electron chi connectivity index (χ1n) is 10.1. The predicted octanol–water partition coefficient (Wildman–Crippen LogP) is 2.25. The number of rotatable bonds is 4. The molecule has 2 aromatic carbocycles. The van der Waals surface area contributed by atoms with Crippen LogP contribution in [0.5, 0.6) is 0 Å². The van der Waals surface area contributed by atoms with Gasteiger partial charge in [0.2, 0.25) is 5.91 Å². The number of carbonyl (C=O) groups is 2. The predicted molar refractivity (Wildman–Crippen MR) is 118 cm³/mol. The minimum absolute atomic E-state index is 0.0228. The number of hydrogen-bond donors (Lipinski definition) is 1. The van der Waals surface area contributed by atoms with Crippen LogP contribution in [0.4, 0.5) is 5.69 Å². The number of nitrogens with zero attached hydrogens (tertiary/aromatic N) is 3. The second-order valence-corrected chi connectivity index (χ2v) is 9.34. The summed E-state index contributed by atoms with van der Waals surface area (Å²) < 4.78 is 28.3. The Labute approximate surface area is 181 Å². The van der Waals surface area contributed by atoms with Crippen LogP contribution in [0.2, 0.25) is 0 Å². The molecule has 0 aliphatic carbocycles. The number of nitrogens with one attached hydrogen (secondary N) is 1. The Morgan fingerprint density at radius 3 is 2.55 bits per heavy atom. The van der Waals surface area contributed by atoms with Crippen LogP contribution in [0.1, 0.15) is 34.3 Å². The Balaban J connectivity index is 1.48. The van der Waals surface area contributed by atoms with Crippen LogP contribution in [0.3, 0.4) is 0 Å². The van der Waals surface area contributed by atoms with Crippen molar-refractivity contribution in [1.82, 2.24) is 9.80 Å². The molecule has 2 aromatic rings. The van der Waals surface area contributed by atoms with Gasteiger partial charge in [0.05, 0.1) is 6.54 Å². The second-order valence-electron chi connectivity index (χ2n) is 7.77. The van der Waals surface area contributed by atoms with Gasteiger partial charge in [-0.1, -0.05) is 18.2 Å². The van der Waals surface area contributed by atoms with E-state index in [1.165, 1.54) is 11.0 Å². The molecule has 2 aliphatic heterocycles.